The van der Waals surface area contributed by atoms with Crippen molar-refractivity contribution in [1.29, 1.82) is 0 Å². The zero-order chi connectivity index (χ0) is 9.52. The van der Waals surface area contributed by atoms with E-state index in [1.807, 2.05) is 18.2 Å². The summed E-state index contributed by atoms with van der Waals surface area (Å²) in [7, 11) is 0. The minimum absolute atomic E-state index is 0.0275. The number of hydrogen-bond acceptors (Lipinski definition) is 2. The Bertz CT molecular complexity index is 250. The Morgan fingerprint density at radius 3 is 2.85 bits per heavy atom. The number of benzene rings is 1. The Balaban J connectivity index is 2.28. The average molecular weight is 180 g/mol. The zero-order valence-electron chi connectivity index (χ0n) is 7.53. The van der Waals surface area contributed by atoms with Crippen molar-refractivity contribution in [2.45, 2.75) is 12.8 Å². The Labute approximate surface area is 78.1 Å². The Hall–Kier alpha value is -1.22. The van der Waals surface area contributed by atoms with E-state index in [9.17, 15) is 5.11 Å². The molecule has 3 nitrogen and oxygen atoms in total. The minimum Gasteiger partial charge on any atom is -0.494 e. The predicted molar refractivity (Wildman–Crippen MR) is 51.1 cm³/mol. The van der Waals surface area contributed by atoms with Gasteiger partial charge in [-0.15, -0.1) is 0 Å². The maximum Gasteiger partial charge on any atom is 0.121 e. The first kappa shape index (κ1) is 9.86. The largest absolute Gasteiger partial charge is 0.494 e. The van der Waals surface area contributed by atoms with Crippen LogP contribution in [0.4, 0.5) is 5.69 Å². The van der Waals surface area contributed by atoms with Crippen LogP contribution in [0.3, 0.4) is 0 Å². The molecular formula is C10H14NO2. The molecule has 0 saturated heterocycles. The average Bonchev–Trinajstić information content (AvgIpc) is 2.13. The van der Waals surface area contributed by atoms with Crippen LogP contribution in [0.2, 0.25) is 0 Å². The quantitative estimate of drug-likeness (QED) is 0.555. The summed E-state index contributed by atoms with van der Waals surface area (Å²) in [5.41, 5.74) is 6.25. The molecule has 0 saturated carbocycles. The van der Waals surface area contributed by atoms with Gasteiger partial charge in [-0.25, -0.2) is 5.11 Å². The van der Waals surface area contributed by atoms with Crippen molar-refractivity contribution >= 4 is 5.69 Å². The third-order valence-corrected chi connectivity index (χ3v) is 1.67. The molecule has 1 rings (SSSR count). The molecule has 2 N–H and O–H groups in total. The number of ether oxygens (including phenoxy) is 1. The molecule has 0 bridgehead atoms. The second-order valence-electron chi connectivity index (χ2n) is 2.83. The fourth-order valence-corrected chi connectivity index (χ4v) is 0.998. The van der Waals surface area contributed by atoms with Gasteiger partial charge in [-0.3, -0.25) is 0 Å². The first-order chi connectivity index (χ1) is 6.33. The van der Waals surface area contributed by atoms with Gasteiger partial charge in [0.1, 0.15) is 5.75 Å². The van der Waals surface area contributed by atoms with Gasteiger partial charge in [0.05, 0.1) is 13.2 Å². The van der Waals surface area contributed by atoms with Crippen LogP contribution in [0.5, 0.6) is 5.75 Å². The van der Waals surface area contributed by atoms with Gasteiger partial charge >= 0.3 is 0 Å². The van der Waals surface area contributed by atoms with Crippen LogP contribution in [-0.2, 0) is 5.11 Å². The van der Waals surface area contributed by atoms with Gasteiger partial charge in [0.15, 0.2) is 0 Å². The van der Waals surface area contributed by atoms with Gasteiger partial charge in [-0.05, 0) is 25.0 Å². The van der Waals surface area contributed by atoms with E-state index in [4.69, 9.17) is 10.5 Å². The second-order valence-corrected chi connectivity index (χ2v) is 2.83. The van der Waals surface area contributed by atoms with Crippen molar-refractivity contribution in [1.82, 2.24) is 0 Å². The molecule has 0 spiro atoms. The smallest absolute Gasteiger partial charge is 0.121 e. The number of nitrogen functional groups attached to an aromatic ring is 1. The first-order valence-electron chi connectivity index (χ1n) is 4.39. The summed E-state index contributed by atoms with van der Waals surface area (Å²) in [5, 5.41) is 10.1. The highest BCUT2D eigenvalue weighted by Crippen LogP contribution is 2.14. The van der Waals surface area contributed by atoms with E-state index in [1.165, 1.54) is 0 Å². The summed E-state index contributed by atoms with van der Waals surface area (Å²) in [4.78, 5) is 0. The van der Waals surface area contributed by atoms with Crippen LogP contribution in [0.25, 0.3) is 0 Å². The van der Waals surface area contributed by atoms with Crippen molar-refractivity contribution in [2.24, 2.45) is 0 Å². The molecule has 0 unspecified atom stereocenters. The van der Waals surface area contributed by atoms with E-state index >= 15 is 0 Å². The molecule has 0 atom stereocenters. The van der Waals surface area contributed by atoms with Crippen LogP contribution in [0.1, 0.15) is 12.8 Å². The van der Waals surface area contributed by atoms with Crippen LogP contribution in [0, 0.1) is 0 Å². The lowest BCUT2D eigenvalue weighted by Gasteiger charge is -2.05. The fraction of sp³-hybridized carbons (Fsp3) is 0.400. The summed E-state index contributed by atoms with van der Waals surface area (Å²) < 4.78 is 5.37. The van der Waals surface area contributed by atoms with E-state index < -0.39 is 0 Å². The molecule has 0 amide bonds. The van der Waals surface area contributed by atoms with Crippen molar-refractivity contribution in [2.75, 3.05) is 18.9 Å². The number of anilines is 1. The van der Waals surface area contributed by atoms with Crippen LogP contribution in [0.15, 0.2) is 24.3 Å². The fourth-order valence-electron chi connectivity index (χ4n) is 0.998. The lowest BCUT2D eigenvalue weighted by atomic mass is 10.3. The van der Waals surface area contributed by atoms with Crippen molar-refractivity contribution in [3.8, 4) is 5.75 Å². The van der Waals surface area contributed by atoms with Crippen molar-refractivity contribution in [3.05, 3.63) is 24.3 Å². The molecule has 13 heavy (non-hydrogen) atoms. The lowest BCUT2D eigenvalue weighted by Crippen LogP contribution is -1.98. The molecule has 1 aromatic carbocycles. The van der Waals surface area contributed by atoms with Crippen LogP contribution >= 0.6 is 0 Å². The van der Waals surface area contributed by atoms with Crippen molar-refractivity contribution in [3.63, 3.8) is 0 Å². The molecule has 1 aromatic rings. The van der Waals surface area contributed by atoms with Crippen LogP contribution in [-0.4, -0.2) is 13.2 Å². The molecular weight excluding hydrogens is 166 g/mol. The molecule has 1 radical (unpaired) electrons. The van der Waals surface area contributed by atoms with E-state index in [-0.39, 0.29) is 6.61 Å². The number of rotatable bonds is 5. The third kappa shape index (κ3) is 3.80. The third-order valence-electron chi connectivity index (χ3n) is 1.67. The summed E-state index contributed by atoms with van der Waals surface area (Å²) in [6.07, 6.45) is 1.47. The zero-order valence-corrected chi connectivity index (χ0v) is 7.53. The highest BCUT2D eigenvalue weighted by Gasteiger charge is 1.93. The van der Waals surface area contributed by atoms with Gasteiger partial charge in [0.2, 0.25) is 0 Å². The summed E-state index contributed by atoms with van der Waals surface area (Å²) >= 11 is 0. The molecule has 0 aliphatic carbocycles. The Morgan fingerprint density at radius 2 is 2.15 bits per heavy atom. The maximum atomic E-state index is 10.1. The monoisotopic (exact) mass is 180 g/mol. The lowest BCUT2D eigenvalue weighted by molar-refractivity contribution is 0.178. The van der Waals surface area contributed by atoms with Crippen LogP contribution < -0.4 is 10.5 Å². The molecule has 0 aromatic heterocycles. The molecule has 0 heterocycles. The van der Waals surface area contributed by atoms with E-state index in [1.54, 1.807) is 6.07 Å². The topological polar surface area (TPSA) is 55.1 Å². The number of unbranched alkanes of at least 4 members (excludes halogenated alkanes) is 1. The minimum atomic E-state index is -0.0275. The standard InChI is InChI=1S/C10H14NO2/c11-9-4-3-5-10(8-9)13-7-2-1-6-12/h3-5,8H,1-2,6-7,11H2. The van der Waals surface area contributed by atoms with Gasteiger partial charge in [-0.1, -0.05) is 6.07 Å². The van der Waals surface area contributed by atoms with E-state index in [2.05, 4.69) is 0 Å². The van der Waals surface area contributed by atoms with Gasteiger partial charge in [0.25, 0.3) is 0 Å². The summed E-state index contributed by atoms with van der Waals surface area (Å²) in [6, 6.07) is 7.29. The molecule has 71 valence electrons. The first-order valence-corrected chi connectivity index (χ1v) is 4.39. The summed E-state index contributed by atoms with van der Waals surface area (Å²) in [6.45, 7) is 0.561. The highest BCUT2D eigenvalue weighted by molar-refractivity contribution is 5.43. The maximum absolute atomic E-state index is 10.1. The van der Waals surface area contributed by atoms with Gasteiger partial charge in [-0.2, -0.15) is 0 Å². The molecule has 0 aliphatic rings. The Kier molecular flexibility index (Phi) is 4.12. The predicted octanol–water partition coefficient (Wildman–Crippen LogP) is 1.86. The number of nitrogens with two attached hydrogens (primary N) is 1. The van der Waals surface area contributed by atoms with Gasteiger partial charge in [0, 0.05) is 11.8 Å². The van der Waals surface area contributed by atoms with E-state index in [0.29, 0.717) is 18.7 Å². The normalized spacial score (nSPS) is 9.92. The molecule has 3 heteroatoms. The van der Waals surface area contributed by atoms with E-state index in [0.717, 1.165) is 12.2 Å². The Morgan fingerprint density at radius 1 is 1.31 bits per heavy atom. The second kappa shape index (κ2) is 5.43. The van der Waals surface area contributed by atoms with Crippen molar-refractivity contribution < 1.29 is 9.84 Å². The van der Waals surface area contributed by atoms with Gasteiger partial charge < -0.3 is 10.5 Å². The number of hydrogen-bond donors (Lipinski definition) is 1. The molecule has 0 fully saturated rings. The highest BCUT2D eigenvalue weighted by atomic mass is 16.5. The SMILES string of the molecule is Nc1cccc(OCCCC[O])c1. The summed E-state index contributed by atoms with van der Waals surface area (Å²) in [5.74, 6) is 0.769. The molecule has 0 aliphatic heterocycles.